The van der Waals surface area contributed by atoms with Gasteiger partial charge in [0.1, 0.15) is 5.60 Å². The maximum absolute atomic E-state index is 9.29. The van der Waals surface area contributed by atoms with Crippen molar-refractivity contribution >= 4 is 0 Å². The number of aliphatic hydroxyl groups excluding tert-OH is 1. The summed E-state index contributed by atoms with van der Waals surface area (Å²) in [5, 5.41) is 9.29. The van der Waals surface area contributed by atoms with E-state index in [1.807, 2.05) is 6.92 Å². The van der Waals surface area contributed by atoms with Crippen LogP contribution in [-0.2, 0) is 4.74 Å². The highest BCUT2D eigenvalue weighted by Gasteiger charge is 2.73. The van der Waals surface area contributed by atoms with Crippen LogP contribution >= 0.6 is 0 Å². The van der Waals surface area contributed by atoms with E-state index in [2.05, 4.69) is 13.5 Å². The number of rotatable bonds is 2. The predicted molar refractivity (Wildman–Crippen MR) is 46.8 cm³/mol. The Hall–Kier alpha value is -0.340. The molecule has 0 amide bonds. The van der Waals surface area contributed by atoms with Gasteiger partial charge in [-0.2, -0.15) is 0 Å². The molecule has 1 saturated carbocycles. The van der Waals surface area contributed by atoms with Crippen LogP contribution in [0.15, 0.2) is 12.2 Å². The highest BCUT2D eigenvalue weighted by atomic mass is 16.6. The molecule has 0 aromatic rings. The molecule has 0 aromatic carbocycles. The molecule has 0 radical (unpaired) electrons. The first-order chi connectivity index (χ1) is 5.56. The number of fused-ring (bicyclic) bond motifs is 1. The van der Waals surface area contributed by atoms with Crippen molar-refractivity contribution in [1.82, 2.24) is 0 Å². The fraction of sp³-hybridized carbons (Fsp3) is 0.800. The van der Waals surface area contributed by atoms with E-state index in [0.29, 0.717) is 5.92 Å². The molecule has 0 aromatic heterocycles. The van der Waals surface area contributed by atoms with Crippen molar-refractivity contribution < 1.29 is 9.84 Å². The maximum Gasteiger partial charge on any atom is 0.127 e. The number of ether oxygens (including phenoxy) is 1. The van der Waals surface area contributed by atoms with Gasteiger partial charge in [0, 0.05) is 5.92 Å². The smallest absolute Gasteiger partial charge is 0.127 e. The Morgan fingerprint density at radius 3 is 2.75 bits per heavy atom. The van der Waals surface area contributed by atoms with Crippen molar-refractivity contribution in [2.45, 2.75) is 37.9 Å². The van der Waals surface area contributed by atoms with Crippen LogP contribution in [0, 0.1) is 5.92 Å². The van der Waals surface area contributed by atoms with Crippen LogP contribution in [0.25, 0.3) is 0 Å². The van der Waals surface area contributed by atoms with Gasteiger partial charge in [-0.25, -0.2) is 0 Å². The van der Waals surface area contributed by atoms with Gasteiger partial charge in [-0.3, -0.25) is 0 Å². The highest BCUT2D eigenvalue weighted by Crippen LogP contribution is 2.63. The van der Waals surface area contributed by atoms with Gasteiger partial charge >= 0.3 is 0 Å². The molecule has 2 nitrogen and oxygen atoms in total. The van der Waals surface area contributed by atoms with E-state index in [1.54, 1.807) is 0 Å². The third-order valence-electron chi connectivity index (χ3n) is 3.56. The first kappa shape index (κ1) is 8.27. The van der Waals surface area contributed by atoms with Gasteiger partial charge in [-0.15, -0.1) is 0 Å². The molecule has 2 heteroatoms. The van der Waals surface area contributed by atoms with Gasteiger partial charge in [-0.05, 0) is 26.7 Å². The summed E-state index contributed by atoms with van der Waals surface area (Å²) in [5.41, 5.74) is 0.828. The summed E-state index contributed by atoms with van der Waals surface area (Å²) < 4.78 is 5.64. The third-order valence-corrected chi connectivity index (χ3v) is 3.56. The van der Waals surface area contributed by atoms with E-state index in [0.717, 1.165) is 18.4 Å². The standard InChI is InChI=1S/C10H16O2/c1-7(2)8-4-5-9(3)10(8,6-11)12-9/h8,11H,1,4-6H2,2-3H3/t8-,9+,10-/m0/s1. The van der Waals surface area contributed by atoms with Crippen molar-refractivity contribution in [3.8, 4) is 0 Å². The van der Waals surface area contributed by atoms with Gasteiger partial charge in [0.25, 0.3) is 0 Å². The zero-order valence-corrected chi connectivity index (χ0v) is 7.76. The Bertz CT molecular complexity index is 236. The molecule has 0 unspecified atom stereocenters. The summed E-state index contributed by atoms with van der Waals surface area (Å²) in [4.78, 5) is 0. The number of hydrogen-bond donors (Lipinski definition) is 1. The minimum absolute atomic E-state index is 0.0502. The lowest BCUT2D eigenvalue weighted by molar-refractivity contribution is 0.122. The van der Waals surface area contributed by atoms with Crippen molar-refractivity contribution in [3.05, 3.63) is 12.2 Å². The largest absolute Gasteiger partial charge is 0.393 e. The van der Waals surface area contributed by atoms with Crippen molar-refractivity contribution in [2.24, 2.45) is 5.92 Å². The fourth-order valence-electron chi connectivity index (χ4n) is 2.69. The van der Waals surface area contributed by atoms with Gasteiger partial charge in [0.05, 0.1) is 12.2 Å². The topological polar surface area (TPSA) is 32.8 Å². The van der Waals surface area contributed by atoms with Crippen molar-refractivity contribution in [2.75, 3.05) is 6.61 Å². The molecule has 2 aliphatic rings. The maximum atomic E-state index is 9.29. The van der Waals surface area contributed by atoms with Crippen LogP contribution in [0.4, 0.5) is 0 Å². The quantitative estimate of drug-likeness (QED) is 0.500. The van der Waals surface area contributed by atoms with Crippen LogP contribution in [0.3, 0.4) is 0 Å². The molecule has 3 atom stereocenters. The molecule has 1 heterocycles. The summed E-state index contributed by atoms with van der Waals surface area (Å²) in [6.07, 6.45) is 2.18. The second kappa shape index (κ2) is 2.12. The number of hydrogen-bond acceptors (Lipinski definition) is 2. The molecule has 1 saturated heterocycles. The lowest BCUT2D eigenvalue weighted by Gasteiger charge is -2.18. The Morgan fingerprint density at radius 1 is 1.75 bits per heavy atom. The minimum atomic E-state index is -0.265. The summed E-state index contributed by atoms with van der Waals surface area (Å²) >= 11 is 0. The molecule has 1 aliphatic carbocycles. The third kappa shape index (κ3) is 0.723. The van der Waals surface area contributed by atoms with Crippen molar-refractivity contribution in [3.63, 3.8) is 0 Å². The number of aliphatic hydroxyl groups is 1. The second-order valence-electron chi connectivity index (χ2n) is 4.32. The summed E-state index contributed by atoms with van der Waals surface area (Å²) in [6.45, 7) is 8.20. The number of epoxide rings is 1. The van der Waals surface area contributed by atoms with Gasteiger partial charge in [0.15, 0.2) is 0 Å². The van der Waals surface area contributed by atoms with Crippen molar-refractivity contribution in [1.29, 1.82) is 0 Å². The average molecular weight is 168 g/mol. The monoisotopic (exact) mass is 168 g/mol. The summed E-state index contributed by atoms with van der Waals surface area (Å²) in [7, 11) is 0. The lowest BCUT2D eigenvalue weighted by atomic mass is 9.87. The molecule has 0 bridgehead atoms. The van der Waals surface area contributed by atoms with Gasteiger partial charge in [0.2, 0.25) is 0 Å². The normalized spacial score (nSPS) is 50.4. The summed E-state index contributed by atoms with van der Waals surface area (Å²) in [5.74, 6) is 0.368. The van der Waals surface area contributed by atoms with Crippen LogP contribution in [0.2, 0.25) is 0 Å². The second-order valence-corrected chi connectivity index (χ2v) is 4.32. The summed E-state index contributed by atoms with van der Waals surface area (Å²) in [6, 6.07) is 0. The lowest BCUT2D eigenvalue weighted by Crippen LogP contribution is -2.29. The zero-order valence-electron chi connectivity index (χ0n) is 7.76. The van der Waals surface area contributed by atoms with E-state index in [-0.39, 0.29) is 17.8 Å². The van der Waals surface area contributed by atoms with E-state index in [9.17, 15) is 5.11 Å². The minimum Gasteiger partial charge on any atom is -0.393 e. The van der Waals surface area contributed by atoms with E-state index < -0.39 is 0 Å². The van der Waals surface area contributed by atoms with Crippen LogP contribution in [-0.4, -0.2) is 22.9 Å². The zero-order chi connectivity index (χ0) is 8.98. The van der Waals surface area contributed by atoms with E-state index in [1.165, 1.54) is 0 Å². The average Bonchev–Trinajstić information content (AvgIpc) is 2.49. The molecular formula is C10H16O2. The van der Waals surface area contributed by atoms with E-state index in [4.69, 9.17) is 4.74 Å². The molecule has 1 aliphatic heterocycles. The van der Waals surface area contributed by atoms with Crippen LogP contribution in [0.1, 0.15) is 26.7 Å². The SMILES string of the molecule is C=C(C)[C@@H]1CC[C@@]2(C)O[C@@]12CO. The molecule has 12 heavy (non-hydrogen) atoms. The highest BCUT2D eigenvalue weighted by molar-refractivity contribution is 5.27. The fourth-order valence-corrected chi connectivity index (χ4v) is 2.69. The van der Waals surface area contributed by atoms with Crippen LogP contribution in [0.5, 0.6) is 0 Å². The van der Waals surface area contributed by atoms with Gasteiger partial charge < -0.3 is 9.84 Å². The van der Waals surface area contributed by atoms with Crippen LogP contribution < -0.4 is 0 Å². The van der Waals surface area contributed by atoms with E-state index >= 15 is 0 Å². The molecule has 2 rings (SSSR count). The first-order valence-corrected chi connectivity index (χ1v) is 4.52. The first-order valence-electron chi connectivity index (χ1n) is 4.52. The Kier molecular flexibility index (Phi) is 1.46. The molecule has 1 N–H and O–H groups in total. The molecule has 68 valence electrons. The Balaban J connectivity index is 2.25. The Morgan fingerprint density at radius 2 is 2.42 bits per heavy atom. The predicted octanol–water partition coefficient (Wildman–Crippen LogP) is 1.49. The molecular weight excluding hydrogens is 152 g/mol. The molecule has 2 fully saturated rings. The molecule has 0 spiro atoms. The van der Waals surface area contributed by atoms with Gasteiger partial charge in [-0.1, -0.05) is 12.2 Å². The Labute approximate surface area is 73.2 Å².